The summed E-state index contributed by atoms with van der Waals surface area (Å²) in [6.45, 7) is 8.87. The largest absolute Gasteiger partial charge is 0.468 e. The molecule has 1 saturated heterocycles. The summed E-state index contributed by atoms with van der Waals surface area (Å²) in [7, 11) is 0. The van der Waals surface area contributed by atoms with Crippen LogP contribution in [0.15, 0.2) is 53.1 Å². The number of hydrogen-bond acceptors (Lipinski definition) is 4. The standard InChI is InChI=1S/C19H27N3O/c1-2-6-18(7-3-1)17-22-13-11-21(12-14-22)10-5-9-20-16-19-8-4-15-23-19/h1-4,6-8,15,20H,5,9-14,16-17H2. The predicted octanol–water partition coefficient (Wildman–Crippen LogP) is 2.58. The van der Waals surface area contributed by atoms with Crippen molar-refractivity contribution in [3.63, 3.8) is 0 Å². The highest BCUT2D eigenvalue weighted by atomic mass is 16.3. The molecule has 4 heteroatoms. The molecule has 2 heterocycles. The molecule has 1 N–H and O–H groups in total. The van der Waals surface area contributed by atoms with Gasteiger partial charge in [-0.3, -0.25) is 4.90 Å². The summed E-state index contributed by atoms with van der Waals surface area (Å²) in [4.78, 5) is 5.14. The molecule has 1 aromatic carbocycles. The molecule has 0 bridgehead atoms. The van der Waals surface area contributed by atoms with Gasteiger partial charge in [0, 0.05) is 32.7 Å². The van der Waals surface area contributed by atoms with Gasteiger partial charge < -0.3 is 14.6 Å². The smallest absolute Gasteiger partial charge is 0.117 e. The van der Waals surface area contributed by atoms with Gasteiger partial charge in [-0.05, 0) is 37.2 Å². The van der Waals surface area contributed by atoms with Crippen LogP contribution in [0.2, 0.25) is 0 Å². The minimum Gasteiger partial charge on any atom is -0.468 e. The lowest BCUT2D eigenvalue weighted by Gasteiger charge is -2.34. The van der Waals surface area contributed by atoms with Gasteiger partial charge in [0.2, 0.25) is 0 Å². The molecule has 0 saturated carbocycles. The van der Waals surface area contributed by atoms with E-state index in [4.69, 9.17) is 4.42 Å². The first-order valence-electron chi connectivity index (χ1n) is 8.62. The zero-order chi connectivity index (χ0) is 15.7. The van der Waals surface area contributed by atoms with Gasteiger partial charge in [-0.2, -0.15) is 0 Å². The van der Waals surface area contributed by atoms with Crippen molar-refractivity contribution in [2.75, 3.05) is 39.3 Å². The first kappa shape index (κ1) is 16.2. The van der Waals surface area contributed by atoms with E-state index in [1.807, 2.05) is 12.1 Å². The molecule has 23 heavy (non-hydrogen) atoms. The molecule has 2 aromatic rings. The fourth-order valence-corrected chi connectivity index (χ4v) is 3.07. The van der Waals surface area contributed by atoms with E-state index in [2.05, 4.69) is 45.4 Å². The molecule has 0 amide bonds. The lowest BCUT2D eigenvalue weighted by molar-refractivity contribution is 0.126. The van der Waals surface area contributed by atoms with Crippen LogP contribution in [0.4, 0.5) is 0 Å². The van der Waals surface area contributed by atoms with Crippen LogP contribution in [0.25, 0.3) is 0 Å². The highest BCUT2D eigenvalue weighted by Gasteiger charge is 2.16. The second-order valence-corrected chi connectivity index (χ2v) is 6.21. The third kappa shape index (κ3) is 5.50. The fraction of sp³-hybridized carbons (Fsp3) is 0.474. The van der Waals surface area contributed by atoms with Crippen molar-refractivity contribution in [1.29, 1.82) is 0 Å². The molecule has 1 aliphatic rings. The predicted molar refractivity (Wildman–Crippen MR) is 93.2 cm³/mol. The average molecular weight is 313 g/mol. The molecule has 124 valence electrons. The van der Waals surface area contributed by atoms with Crippen LogP contribution >= 0.6 is 0 Å². The van der Waals surface area contributed by atoms with Crippen LogP contribution in [-0.2, 0) is 13.1 Å². The highest BCUT2D eigenvalue weighted by molar-refractivity contribution is 5.14. The third-order valence-electron chi connectivity index (χ3n) is 4.42. The van der Waals surface area contributed by atoms with Gasteiger partial charge in [0.15, 0.2) is 0 Å². The van der Waals surface area contributed by atoms with Gasteiger partial charge in [0.1, 0.15) is 5.76 Å². The van der Waals surface area contributed by atoms with Gasteiger partial charge in [0.25, 0.3) is 0 Å². The lowest BCUT2D eigenvalue weighted by atomic mass is 10.2. The van der Waals surface area contributed by atoms with Gasteiger partial charge >= 0.3 is 0 Å². The molecular weight excluding hydrogens is 286 g/mol. The van der Waals surface area contributed by atoms with Crippen molar-refractivity contribution in [2.45, 2.75) is 19.5 Å². The maximum atomic E-state index is 5.31. The topological polar surface area (TPSA) is 31.6 Å². The van der Waals surface area contributed by atoms with Crippen molar-refractivity contribution in [2.24, 2.45) is 0 Å². The number of piperazine rings is 1. The number of nitrogens with zero attached hydrogens (tertiary/aromatic N) is 2. The highest BCUT2D eigenvalue weighted by Crippen LogP contribution is 2.08. The summed E-state index contributed by atoms with van der Waals surface area (Å²) in [6.07, 6.45) is 2.92. The lowest BCUT2D eigenvalue weighted by Crippen LogP contribution is -2.46. The molecule has 0 aliphatic carbocycles. The monoisotopic (exact) mass is 313 g/mol. The summed E-state index contributed by atoms with van der Waals surface area (Å²) in [5.74, 6) is 1.01. The van der Waals surface area contributed by atoms with Crippen molar-refractivity contribution in [1.82, 2.24) is 15.1 Å². The van der Waals surface area contributed by atoms with Crippen molar-refractivity contribution < 1.29 is 4.42 Å². The Morgan fingerprint density at radius 3 is 2.43 bits per heavy atom. The van der Waals surface area contributed by atoms with E-state index < -0.39 is 0 Å². The number of nitrogens with one attached hydrogen (secondary N) is 1. The molecule has 3 rings (SSSR count). The molecular formula is C19H27N3O. The molecule has 4 nitrogen and oxygen atoms in total. The molecule has 0 unspecified atom stereocenters. The third-order valence-corrected chi connectivity index (χ3v) is 4.42. The zero-order valence-electron chi connectivity index (χ0n) is 13.8. The first-order valence-corrected chi connectivity index (χ1v) is 8.62. The molecule has 0 radical (unpaired) electrons. The normalized spacial score (nSPS) is 16.7. The van der Waals surface area contributed by atoms with E-state index in [1.165, 1.54) is 44.7 Å². The van der Waals surface area contributed by atoms with E-state index >= 15 is 0 Å². The number of rotatable bonds is 8. The van der Waals surface area contributed by atoms with Crippen molar-refractivity contribution in [3.05, 3.63) is 60.1 Å². The molecule has 0 atom stereocenters. The van der Waals surface area contributed by atoms with E-state index in [-0.39, 0.29) is 0 Å². The van der Waals surface area contributed by atoms with E-state index in [9.17, 15) is 0 Å². The number of hydrogen-bond donors (Lipinski definition) is 1. The van der Waals surface area contributed by atoms with Crippen LogP contribution < -0.4 is 5.32 Å². The van der Waals surface area contributed by atoms with Crippen molar-refractivity contribution >= 4 is 0 Å². The SMILES string of the molecule is c1ccc(CN2CCN(CCCNCc3ccco3)CC2)cc1. The minimum absolute atomic E-state index is 0.831. The van der Waals surface area contributed by atoms with Gasteiger partial charge in [-0.15, -0.1) is 0 Å². The van der Waals surface area contributed by atoms with E-state index in [0.717, 1.165) is 25.4 Å². The Kier molecular flexibility index (Phi) is 6.26. The van der Waals surface area contributed by atoms with E-state index in [0.29, 0.717) is 0 Å². The Labute approximate surface area is 139 Å². The Morgan fingerprint density at radius 1 is 0.913 bits per heavy atom. The van der Waals surface area contributed by atoms with Crippen LogP contribution in [0.3, 0.4) is 0 Å². The maximum absolute atomic E-state index is 5.31. The Hall–Kier alpha value is -1.62. The Bertz CT molecular complexity index is 533. The second kappa shape index (κ2) is 8.87. The Morgan fingerprint density at radius 2 is 1.70 bits per heavy atom. The quantitative estimate of drug-likeness (QED) is 0.759. The Balaban J connectivity index is 1.26. The van der Waals surface area contributed by atoms with Crippen LogP contribution in [0.5, 0.6) is 0 Å². The van der Waals surface area contributed by atoms with Crippen molar-refractivity contribution in [3.8, 4) is 0 Å². The minimum atomic E-state index is 0.831. The molecule has 1 aromatic heterocycles. The van der Waals surface area contributed by atoms with Crippen LogP contribution in [0.1, 0.15) is 17.7 Å². The summed E-state index contributed by atoms with van der Waals surface area (Å²) >= 11 is 0. The van der Waals surface area contributed by atoms with Gasteiger partial charge in [0.05, 0.1) is 12.8 Å². The number of benzene rings is 1. The summed E-state index contributed by atoms with van der Waals surface area (Å²) in [5.41, 5.74) is 1.42. The summed E-state index contributed by atoms with van der Waals surface area (Å²) in [6, 6.07) is 14.7. The fourth-order valence-electron chi connectivity index (χ4n) is 3.07. The molecule has 0 spiro atoms. The van der Waals surface area contributed by atoms with Gasteiger partial charge in [-0.25, -0.2) is 0 Å². The summed E-state index contributed by atoms with van der Waals surface area (Å²) in [5, 5.41) is 3.44. The zero-order valence-corrected chi connectivity index (χ0v) is 13.8. The maximum Gasteiger partial charge on any atom is 0.117 e. The number of furan rings is 1. The van der Waals surface area contributed by atoms with E-state index in [1.54, 1.807) is 6.26 Å². The second-order valence-electron chi connectivity index (χ2n) is 6.21. The average Bonchev–Trinajstić information content (AvgIpc) is 3.10. The molecule has 1 fully saturated rings. The first-order chi connectivity index (χ1) is 11.4. The summed E-state index contributed by atoms with van der Waals surface area (Å²) < 4.78 is 5.31. The van der Waals surface area contributed by atoms with Crippen LogP contribution in [0, 0.1) is 0 Å². The van der Waals surface area contributed by atoms with Crippen LogP contribution in [-0.4, -0.2) is 49.1 Å². The van der Waals surface area contributed by atoms with Gasteiger partial charge in [-0.1, -0.05) is 30.3 Å². The molecule has 1 aliphatic heterocycles.